The van der Waals surface area contributed by atoms with Gasteiger partial charge in [-0.15, -0.1) is 0 Å². The highest BCUT2D eigenvalue weighted by molar-refractivity contribution is 5.80. The number of amides is 1. The molecule has 1 fully saturated rings. The van der Waals surface area contributed by atoms with Crippen molar-refractivity contribution in [2.45, 2.75) is 39.0 Å². The van der Waals surface area contributed by atoms with E-state index in [1.54, 1.807) is 0 Å². The molecule has 0 spiro atoms. The van der Waals surface area contributed by atoms with E-state index in [0.717, 1.165) is 37.6 Å². The molecule has 0 aromatic carbocycles. The van der Waals surface area contributed by atoms with E-state index < -0.39 is 0 Å². The Bertz CT molecular complexity index is 483. The summed E-state index contributed by atoms with van der Waals surface area (Å²) in [6.45, 7) is 6.15. The molecule has 0 aliphatic carbocycles. The summed E-state index contributed by atoms with van der Waals surface area (Å²) in [4.78, 5) is 23.0. The molecule has 2 heterocycles. The van der Waals surface area contributed by atoms with Gasteiger partial charge in [-0.2, -0.15) is 0 Å². The maximum atomic E-state index is 12.1. The van der Waals surface area contributed by atoms with E-state index in [1.165, 1.54) is 6.42 Å². The first kappa shape index (κ1) is 15.5. The SMILES string of the molecule is CNc1cc(NCC(=O)N2CCCCC2)nc(C(C)C)n1. The van der Waals surface area contributed by atoms with Crippen LogP contribution in [0.2, 0.25) is 0 Å². The van der Waals surface area contributed by atoms with Gasteiger partial charge in [0, 0.05) is 32.1 Å². The second-order valence-electron chi connectivity index (χ2n) is 5.70. The van der Waals surface area contributed by atoms with Gasteiger partial charge in [-0.25, -0.2) is 9.97 Å². The fourth-order valence-corrected chi connectivity index (χ4v) is 2.36. The maximum absolute atomic E-state index is 12.1. The first-order valence-electron chi connectivity index (χ1n) is 7.68. The van der Waals surface area contributed by atoms with Gasteiger partial charge in [0.15, 0.2) is 0 Å². The zero-order chi connectivity index (χ0) is 15.2. The van der Waals surface area contributed by atoms with E-state index in [2.05, 4.69) is 34.4 Å². The lowest BCUT2D eigenvalue weighted by Crippen LogP contribution is -2.39. The summed E-state index contributed by atoms with van der Waals surface area (Å²) in [6.07, 6.45) is 3.45. The standard InChI is InChI=1S/C15H25N5O/c1-11(2)15-18-12(16-3)9-13(19-15)17-10-14(21)20-7-5-4-6-8-20/h9,11H,4-8,10H2,1-3H3,(H2,16,17,18,19). The van der Waals surface area contributed by atoms with Crippen LogP contribution in [0, 0.1) is 0 Å². The second kappa shape index (κ2) is 7.24. The number of nitrogens with zero attached hydrogens (tertiary/aromatic N) is 3. The van der Waals surface area contributed by atoms with Crippen molar-refractivity contribution in [2.24, 2.45) is 0 Å². The van der Waals surface area contributed by atoms with Crippen molar-refractivity contribution >= 4 is 17.5 Å². The Hall–Kier alpha value is -1.85. The molecule has 6 heteroatoms. The first-order valence-corrected chi connectivity index (χ1v) is 7.68. The first-order chi connectivity index (χ1) is 10.1. The number of carbonyl (C=O) groups is 1. The number of likely N-dealkylation sites (tertiary alicyclic amines) is 1. The predicted octanol–water partition coefficient (Wildman–Crippen LogP) is 2.07. The van der Waals surface area contributed by atoms with Crippen LogP contribution >= 0.6 is 0 Å². The molecule has 0 bridgehead atoms. The molecule has 1 aliphatic heterocycles. The number of hydrogen-bond donors (Lipinski definition) is 2. The summed E-state index contributed by atoms with van der Waals surface area (Å²) < 4.78 is 0. The Morgan fingerprint density at radius 2 is 1.90 bits per heavy atom. The molecule has 0 saturated carbocycles. The van der Waals surface area contributed by atoms with Gasteiger partial charge in [-0.1, -0.05) is 13.8 Å². The minimum atomic E-state index is 0.144. The minimum Gasteiger partial charge on any atom is -0.373 e. The predicted molar refractivity (Wildman–Crippen MR) is 84.6 cm³/mol. The summed E-state index contributed by atoms with van der Waals surface area (Å²) in [7, 11) is 1.83. The molecular formula is C15H25N5O. The van der Waals surface area contributed by atoms with Crippen LogP contribution in [0.4, 0.5) is 11.6 Å². The van der Waals surface area contributed by atoms with Crippen LogP contribution < -0.4 is 10.6 Å². The summed E-state index contributed by atoms with van der Waals surface area (Å²) in [5, 5.41) is 6.16. The molecule has 21 heavy (non-hydrogen) atoms. The molecule has 2 N–H and O–H groups in total. The van der Waals surface area contributed by atoms with Crippen LogP contribution in [0.15, 0.2) is 6.07 Å². The smallest absolute Gasteiger partial charge is 0.241 e. The zero-order valence-corrected chi connectivity index (χ0v) is 13.1. The van der Waals surface area contributed by atoms with Gasteiger partial charge in [0.2, 0.25) is 5.91 Å². The van der Waals surface area contributed by atoms with Gasteiger partial charge in [-0.05, 0) is 19.3 Å². The average molecular weight is 291 g/mol. The maximum Gasteiger partial charge on any atom is 0.241 e. The van der Waals surface area contributed by atoms with Crippen molar-refractivity contribution in [1.29, 1.82) is 0 Å². The summed E-state index contributed by atoms with van der Waals surface area (Å²) >= 11 is 0. The van der Waals surface area contributed by atoms with Crippen LogP contribution in [0.25, 0.3) is 0 Å². The van der Waals surface area contributed by atoms with E-state index in [9.17, 15) is 4.79 Å². The molecule has 1 aromatic rings. The molecule has 116 valence electrons. The molecule has 1 amide bonds. The molecule has 6 nitrogen and oxygen atoms in total. The Morgan fingerprint density at radius 1 is 1.24 bits per heavy atom. The summed E-state index contributed by atoms with van der Waals surface area (Å²) in [5.74, 6) is 2.63. The fraction of sp³-hybridized carbons (Fsp3) is 0.667. The monoisotopic (exact) mass is 291 g/mol. The number of rotatable bonds is 5. The highest BCUT2D eigenvalue weighted by Crippen LogP contribution is 2.16. The highest BCUT2D eigenvalue weighted by Gasteiger charge is 2.16. The zero-order valence-electron chi connectivity index (χ0n) is 13.1. The van der Waals surface area contributed by atoms with Crippen molar-refractivity contribution in [3.63, 3.8) is 0 Å². The van der Waals surface area contributed by atoms with Gasteiger partial charge in [0.05, 0.1) is 6.54 Å². The van der Waals surface area contributed by atoms with Crippen molar-refractivity contribution in [3.8, 4) is 0 Å². The van der Waals surface area contributed by atoms with Crippen molar-refractivity contribution in [3.05, 3.63) is 11.9 Å². The second-order valence-corrected chi connectivity index (χ2v) is 5.70. The van der Waals surface area contributed by atoms with Crippen LogP contribution in [-0.4, -0.2) is 47.5 Å². The quantitative estimate of drug-likeness (QED) is 0.869. The fourth-order valence-electron chi connectivity index (χ4n) is 2.36. The Morgan fingerprint density at radius 3 is 2.52 bits per heavy atom. The number of carbonyl (C=O) groups excluding carboxylic acids is 1. The molecule has 2 rings (SSSR count). The van der Waals surface area contributed by atoms with Crippen molar-refractivity contribution in [1.82, 2.24) is 14.9 Å². The van der Waals surface area contributed by atoms with Crippen molar-refractivity contribution < 1.29 is 4.79 Å². The third-order valence-electron chi connectivity index (χ3n) is 3.65. The van der Waals surface area contributed by atoms with Crippen LogP contribution in [-0.2, 0) is 4.79 Å². The summed E-state index contributed by atoms with van der Waals surface area (Å²) in [5.41, 5.74) is 0. The Balaban J connectivity index is 1.98. The largest absolute Gasteiger partial charge is 0.373 e. The lowest BCUT2D eigenvalue weighted by molar-refractivity contribution is -0.130. The third-order valence-corrected chi connectivity index (χ3v) is 3.65. The highest BCUT2D eigenvalue weighted by atomic mass is 16.2. The Labute approximate surface area is 126 Å². The molecule has 0 radical (unpaired) electrons. The van der Waals surface area contributed by atoms with Gasteiger partial charge in [0.25, 0.3) is 0 Å². The molecule has 1 aromatic heterocycles. The minimum absolute atomic E-state index is 0.144. The Kier molecular flexibility index (Phi) is 5.36. The number of piperidine rings is 1. The molecule has 0 unspecified atom stereocenters. The summed E-state index contributed by atoms with van der Waals surface area (Å²) in [6, 6.07) is 1.83. The van der Waals surface area contributed by atoms with Crippen LogP contribution in [0.5, 0.6) is 0 Å². The normalized spacial score (nSPS) is 15.1. The number of hydrogen-bond acceptors (Lipinski definition) is 5. The van der Waals surface area contributed by atoms with Crippen molar-refractivity contribution in [2.75, 3.05) is 37.3 Å². The lowest BCUT2D eigenvalue weighted by Gasteiger charge is -2.26. The van der Waals surface area contributed by atoms with E-state index in [-0.39, 0.29) is 18.4 Å². The van der Waals surface area contributed by atoms with E-state index in [4.69, 9.17) is 0 Å². The topological polar surface area (TPSA) is 70.2 Å². The van der Waals surface area contributed by atoms with Gasteiger partial charge in [-0.3, -0.25) is 4.79 Å². The van der Waals surface area contributed by atoms with Crippen LogP contribution in [0.1, 0.15) is 44.9 Å². The van der Waals surface area contributed by atoms with Crippen LogP contribution in [0.3, 0.4) is 0 Å². The number of nitrogens with one attached hydrogen (secondary N) is 2. The van der Waals surface area contributed by atoms with E-state index in [0.29, 0.717) is 5.82 Å². The van der Waals surface area contributed by atoms with E-state index >= 15 is 0 Å². The van der Waals surface area contributed by atoms with E-state index in [1.807, 2.05) is 18.0 Å². The molecule has 1 saturated heterocycles. The van der Waals surface area contributed by atoms with Gasteiger partial charge in [0.1, 0.15) is 17.5 Å². The number of anilines is 2. The molecule has 1 aliphatic rings. The number of aromatic nitrogens is 2. The average Bonchev–Trinajstić information content (AvgIpc) is 2.53. The van der Waals surface area contributed by atoms with Gasteiger partial charge >= 0.3 is 0 Å². The lowest BCUT2D eigenvalue weighted by atomic mass is 10.1. The molecular weight excluding hydrogens is 266 g/mol. The molecule has 0 atom stereocenters. The third kappa shape index (κ3) is 4.31. The van der Waals surface area contributed by atoms with Gasteiger partial charge < -0.3 is 15.5 Å².